The third kappa shape index (κ3) is 5.13. The van der Waals surface area contributed by atoms with E-state index in [1.54, 1.807) is 0 Å². The molecule has 4 aromatic carbocycles. The van der Waals surface area contributed by atoms with Crippen molar-refractivity contribution in [2.45, 2.75) is 18.9 Å². The lowest BCUT2D eigenvalue weighted by molar-refractivity contribution is 0.102. The van der Waals surface area contributed by atoms with Crippen molar-refractivity contribution in [2.75, 3.05) is 28.6 Å². The summed E-state index contributed by atoms with van der Waals surface area (Å²) in [4.78, 5) is 18.2. The maximum absolute atomic E-state index is 12.8. The largest absolute Gasteiger partial charge is 0.393 e. The maximum atomic E-state index is 12.8. The van der Waals surface area contributed by atoms with Crippen LogP contribution in [0.25, 0.3) is 27.5 Å². The number of aliphatic hydroxyl groups is 1. The lowest BCUT2D eigenvalue weighted by Crippen LogP contribution is -2.35. The average molecular weight is 543 g/mol. The molecule has 0 radical (unpaired) electrons. The van der Waals surface area contributed by atoms with Gasteiger partial charge >= 0.3 is 0 Å². The Hall–Kier alpha value is -5.08. The van der Waals surface area contributed by atoms with E-state index >= 15 is 0 Å². The summed E-state index contributed by atoms with van der Waals surface area (Å²) < 4.78 is 1.90. The predicted octanol–water partition coefficient (Wildman–Crippen LogP) is 6.46. The number of carbonyl (C=O) groups is 1. The Morgan fingerprint density at radius 2 is 1.54 bits per heavy atom. The molecule has 1 aliphatic heterocycles. The number of hydrogen-bond acceptors (Lipinski definition) is 5. The number of rotatable bonds is 6. The third-order valence-electron chi connectivity index (χ3n) is 7.74. The van der Waals surface area contributed by atoms with Crippen molar-refractivity contribution >= 4 is 50.5 Å². The van der Waals surface area contributed by atoms with Crippen LogP contribution in [0.3, 0.4) is 0 Å². The first-order chi connectivity index (χ1) is 20.1. The lowest BCUT2D eigenvalue weighted by atomic mass is 10.1. The van der Waals surface area contributed by atoms with Crippen LogP contribution >= 0.6 is 0 Å². The molecule has 2 aromatic heterocycles. The number of carbonyl (C=O) groups excluding carboxylic acids is 1. The van der Waals surface area contributed by atoms with Crippen LogP contribution in [-0.2, 0) is 0 Å². The van der Waals surface area contributed by atoms with Gasteiger partial charge in [-0.3, -0.25) is 4.79 Å². The van der Waals surface area contributed by atoms with Gasteiger partial charge in [0.05, 0.1) is 23.5 Å². The Bertz CT molecular complexity index is 1830. The van der Waals surface area contributed by atoms with Crippen LogP contribution in [0.2, 0.25) is 0 Å². The van der Waals surface area contributed by atoms with E-state index in [-0.39, 0.29) is 12.0 Å². The lowest BCUT2D eigenvalue weighted by Gasteiger charge is -2.31. The summed E-state index contributed by atoms with van der Waals surface area (Å²) in [5.74, 6) is -0.153. The number of nitrogens with one attached hydrogen (secondary N) is 3. The molecule has 0 saturated carbocycles. The van der Waals surface area contributed by atoms with Crippen molar-refractivity contribution in [3.63, 3.8) is 0 Å². The third-order valence-corrected chi connectivity index (χ3v) is 7.74. The Morgan fingerprint density at radius 3 is 2.34 bits per heavy atom. The number of H-pyrrole nitrogens is 1. The summed E-state index contributed by atoms with van der Waals surface area (Å²) in [6, 6.07) is 29.9. The number of aliphatic hydroxyl groups excluding tert-OH is 1. The van der Waals surface area contributed by atoms with Crippen molar-refractivity contribution in [3.05, 3.63) is 109 Å². The van der Waals surface area contributed by atoms with Crippen molar-refractivity contribution in [1.29, 1.82) is 0 Å². The Morgan fingerprint density at radius 1 is 0.805 bits per heavy atom. The first kappa shape index (κ1) is 24.9. The number of anilines is 4. The van der Waals surface area contributed by atoms with Gasteiger partial charge in [-0.15, -0.1) is 0 Å². The summed E-state index contributed by atoms with van der Waals surface area (Å²) >= 11 is 0. The molecule has 1 fully saturated rings. The van der Waals surface area contributed by atoms with Crippen LogP contribution in [0.15, 0.2) is 103 Å². The topological polar surface area (TPSA) is 98.2 Å². The Balaban J connectivity index is 1.02. The van der Waals surface area contributed by atoms with E-state index in [9.17, 15) is 9.90 Å². The molecule has 4 N–H and O–H groups in total. The monoisotopic (exact) mass is 542 g/mol. The quantitative estimate of drug-likeness (QED) is 0.194. The summed E-state index contributed by atoms with van der Waals surface area (Å²) in [6.45, 7) is 1.77. The number of fused-ring (bicyclic) bond motifs is 2. The van der Waals surface area contributed by atoms with Crippen molar-refractivity contribution in [3.8, 4) is 5.69 Å². The molecule has 1 saturated heterocycles. The smallest absolute Gasteiger partial charge is 0.255 e. The van der Waals surface area contributed by atoms with Crippen LogP contribution in [0, 0.1) is 0 Å². The zero-order valence-electron chi connectivity index (χ0n) is 22.4. The first-order valence-electron chi connectivity index (χ1n) is 13.9. The minimum absolute atomic E-state index is 0.153. The minimum Gasteiger partial charge on any atom is -0.393 e. The van der Waals surface area contributed by atoms with Crippen LogP contribution in [-0.4, -0.2) is 45.0 Å². The molecule has 41 heavy (non-hydrogen) atoms. The second kappa shape index (κ2) is 10.5. The van der Waals surface area contributed by atoms with Gasteiger partial charge in [0.15, 0.2) is 0 Å². The Kier molecular flexibility index (Phi) is 6.37. The predicted molar refractivity (Wildman–Crippen MR) is 165 cm³/mol. The standard InChI is InChI=1S/C33H30N6O2/c40-30-14-17-38(18-15-30)28-8-3-25(4-9-28)36-27-7-12-32-24(19-27)21-35-39(32)29-10-5-26(6-11-29)37-33(41)23-2-1-22-13-16-34-31(22)20-23/h1-13,16,19-21,30,34,36,40H,14-15,17-18H2,(H,37,41). The van der Waals surface area contributed by atoms with Gasteiger partial charge in [-0.2, -0.15) is 5.10 Å². The van der Waals surface area contributed by atoms with Crippen molar-refractivity contribution in [2.24, 2.45) is 0 Å². The van der Waals surface area contributed by atoms with E-state index in [1.807, 2.05) is 65.6 Å². The fourth-order valence-corrected chi connectivity index (χ4v) is 5.44. The molecular weight excluding hydrogens is 512 g/mol. The van der Waals surface area contributed by atoms with E-state index < -0.39 is 0 Å². The molecule has 3 heterocycles. The van der Waals surface area contributed by atoms with Gasteiger partial charge in [0.25, 0.3) is 5.91 Å². The summed E-state index contributed by atoms with van der Waals surface area (Å²) in [7, 11) is 0. The number of amides is 1. The van der Waals surface area contributed by atoms with Crippen molar-refractivity contribution < 1.29 is 9.90 Å². The number of aromatic amines is 1. The van der Waals surface area contributed by atoms with E-state index in [1.165, 1.54) is 5.69 Å². The molecule has 0 atom stereocenters. The van der Waals surface area contributed by atoms with E-state index in [0.29, 0.717) is 5.56 Å². The fraction of sp³-hybridized carbons (Fsp3) is 0.152. The first-order valence-corrected chi connectivity index (χ1v) is 13.9. The Labute approximate surface area is 237 Å². The molecule has 1 aliphatic rings. The normalized spacial score (nSPS) is 14.0. The van der Waals surface area contributed by atoms with E-state index in [0.717, 1.165) is 70.5 Å². The average Bonchev–Trinajstić information content (AvgIpc) is 3.65. The van der Waals surface area contributed by atoms with Gasteiger partial charge in [0.2, 0.25) is 0 Å². The molecule has 7 rings (SSSR count). The number of hydrogen-bond donors (Lipinski definition) is 4. The number of benzene rings is 4. The highest BCUT2D eigenvalue weighted by molar-refractivity contribution is 6.06. The zero-order valence-corrected chi connectivity index (χ0v) is 22.4. The molecule has 0 aliphatic carbocycles. The molecule has 6 aromatic rings. The number of piperidine rings is 1. The number of nitrogens with zero attached hydrogens (tertiary/aromatic N) is 3. The molecule has 8 heteroatoms. The van der Waals surface area contributed by atoms with E-state index in [2.05, 4.69) is 68.1 Å². The molecule has 1 amide bonds. The summed E-state index contributed by atoms with van der Waals surface area (Å²) in [6.07, 6.45) is 5.20. The molecule has 8 nitrogen and oxygen atoms in total. The van der Waals surface area contributed by atoms with Crippen LogP contribution in [0.1, 0.15) is 23.2 Å². The zero-order chi connectivity index (χ0) is 27.8. The SMILES string of the molecule is O=C(Nc1ccc(-n2ncc3cc(Nc4ccc(N5CCC(O)CC5)cc4)ccc32)cc1)c1ccc2cc[nH]c2c1. The second-order valence-corrected chi connectivity index (χ2v) is 10.5. The summed E-state index contributed by atoms with van der Waals surface area (Å²) in [5.41, 5.74) is 7.35. The summed E-state index contributed by atoms with van der Waals surface area (Å²) in [5, 5.41) is 22.9. The number of aromatic nitrogens is 3. The maximum Gasteiger partial charge on any atom is 0.255 e. The van der Waals surface area contributed by atoms with Crippen LogP contribution in [0.4, 0.5) is 22.7 Å². The second-order valence-electron chi connectivity index (χ2n) is 10.5. The highest BCUT2D eigenvalue weighted by Gasteiger charge is 2.17. The fourth-order valence-electron chi connectivity index (χ4n) is 5.44. The van der Waals surface area contributed by atoms with E-state index in [4.69, 9.17) is 0 Å². The van der Waals surface area contributed by atoms with Gasteiger partial charge in [0.1, 0.15) is 0 Å². The van der Waals surface area contributed by atoms with Crippen LogP contribution in [0.5, 0.6) is 0 Å². The van der Waals surface area contributed by atoms with Gasteiger partial charge in [-0.05, 0) is 103 Å². The molecule has 0 spiro atoms. The van der Waals surface area contributed by atoms with Gasteiger partial charge < -0.3 is 25.6 Å². The minimum atomic E-state index is -0.171. The van der Waals surface area contributed by atoms with Crippen LogP contribution < -0.4 is 15.5 Å². The molecule has 0 unspecified atom stereocenters. The molecule has 204 valence electrons. The van der Waals surface area contributed by atoms with Gasteiger partial charge in [-0.1, -0.05) is 6.07 Å². The van der Waals surface area contributed by atoms with Gasteiger partial charge in [0, 0.05) is 58.5 Å². The van der Waals surface area contributed by atoms with Gasteiger partial charge in [-0.25, -0.2) is 4.68 Å². The highest BCUT2D eigenvalue weighted by Crippen LogP contribution is 2.27. The van der Waals surface area contributed by atoms with Crippen molar-refractivity contribution in [1.82, 2.24) is 14.8 Å². The highest BCUT2D eigenvalue weighted by atomic mass is 16.3. The molecular formula is C33H30N6O2. The molecule has 0 bridgehead atoms.